The lowest BCUT2D eigenvalue weighted by Crippen LogP contribution is -1.96. The van der Waals surface area contributed by atoms with E-state index in [1.54, 1.807) is 0 Å². The maximum atomic E-state index is 10.4. The highest BCUT2D eigenvalue weighted by Crippen LogP contribution is 2.18. The Morgan fingerprint density at radius 3 is 2.50 bits per heavy atom. The van der Waals surface area contributed by atoms with Crippen LogP contribution in [-0.4, -0.2) is 15.1 Å². The molecule has 2 aromatic rings. The van der Waals surface area contributed by atoms with Crippen LogP contribution in [-0.2, 0) is 12.5 Å². The molecule has 94 valence electrons. The van der Waals surface area contributed by atoms with Gasteiger partial charge in [0.2, 0.25) is 5.89 Å². The summed E-state index contributed by atoms with van der Waals surface area (Å²) < 4.78 is 10.5. The van der Waals surface area contributed by atoms with Gasteiger partial charge in [-0.25, -0.2) is 0 Å². The smallest absolute Gasteiger partial charge is 0.269 e. The zero-order valence-corrected chi connectivity index (χ0v) is 9.83. The lowest BCUT2D eigenvalue weighted by Gasteiger charge is -2.01. The fourth-order valence-electron chi connectivity index (χ4n) is 1.21. The van der Waals surface area contributed by atoms with Crippen molar-refractivity contribution in [2.45, 2.75) is 12.5 Å². The Bertz CT molecular complexity index is 540. The number of nitro benzene ring substituents is 1. The van der Waals surface area contributed by atoms with E-state index in [1.807, 2.05) is 0 Å². The molecule has 8 heteroatoms. The van der Waals surface area contributed by atoms with Crippen molar-refractivity contribution in [3.05, 3.63) is 46.2 Å². The van der Waals surface area contributed by atoms with Gasteiger partial charge in [0.25, 0.3) is 11.6 Å². The van der Waals surface area contributed by atoms with Crippen LogP contribution in [0.4, 0.5) is 5.69 Å². The molecule has 0 spiro atoms. The molecule has 2 rings (SSSR count). The van der Waals surface area contributed by atoms with Crippen molar-refractivity contribution < 1.29 is 14.1 Å². The van der Waals surface area contributed by atoms with E-state index in [9.17, 15) is 10.1 Å². The van der Waals surface area contributed by atoms with Crippen molar-refractivity contribution in [2.75, 3.05) is 0 Å². The molecule has 0 unspecified atom stereocenters. The predicted molar refractivity (Wildman–Crippen MR) is 61.3 cm³/mol. The Morgan fingerprint density at radius 1 is 1.28 bits per heavy atom. The van der Waals surface area contributed by atoms with Crippen LogP contribution in [0.5, 0.6) is 5.75 Å². The molecule has 0 amide bonds. The van der Waals surface area contributed by atoms with E-state index in [4.69, 9.17) is 20.8 Å². The summed E-state index contributed by atoms with van der Waals surface area (Å²) in [6.45, 7) is 0.0850. The summed E-state index contributed by atoms with van der Waals surface area (Å²) in [5.41, 5.74) is 0.00423. The van der Waals surface area contributed by atoms with Gasteiger partial charge in [-0.15, -0.1) is 21.8 Å². The zero-order valence-electron chi connectivity index (χ0n) is 9.08. The average molecular weight is 270 g/mol. The largest absolute Gasteiger partial charge is 0.484 e. The van der Waals surface area contributed by atoms with Crippen LogP contribution in [0.1, 0.15) is 11.8 Å². The fraction of sp³-hybridized carbons (Fsp3) is 0.200. The molecular weight excluding hydrogens is 262 g/mol. The van der Waals surface area contributed by atoms with Gasteiger partial charge in [0.05, 0.1) is 4.92 Å². The number of nitrogens with zero attached hydrogens (tertiary/aromatic N) is 3. The second-order valence-electron chi connectivity index (χ2n) is 3.26. The molecule has 0 aliphatic carbocycles. The Hall–Kier alpha value is -2.15. The molecule has 0 N–H and O–H groups in total. The summed E-state index contributed by atoms with van der Waals surface area (Å²) in [4.78, 5) is 9.97. The van der Waals surface area contributed by atoms with E-state index >= 15 is 0 Å². The number of hydrogen-bond acceptors (Lipinski definition) is 6. The Labute approximate surface area is 106 Å². The van der Waals surface area contributed by atoms with Crippen LogP contribution < -0.4 is 4.74 Å². The number of rotatable bonds is 5. The van der Waals surface area contributed by atoms with Crippen LogP contribution in [0.25, 0.3) is 0 Å². The van der Waals surface area contributed by atoms with Crippen molar-refractivity contribution in [1.82, 2.24) is 10.2 Å². The highest BCUT2D eigenvalue weighted by molar-refractivity contribution is 6.16. The molecule has 0 aliphatic heterocycles. The highest BCUT2D eigenvalue weighted by atomic mass is 35.5. The minimum atomic E-state index is -0.478. The van der Waals surface area contributed by atoms with Gasteiger partial charge in [0.1, 0.15) is 11.6 Å². The fourth-order valence-corrected chi connectivity index (χ4v) is 1.32. The molecule has 0 aliphatic rings. The number of aromatic nitrogens is 2. The van der Waals surface area contributed by atoms with Crippen LogP contribution >= 0.6 is 11.6 Å². The summed E-state index contributed by atoms with van der Waals surface area (Å²) >= 11 is 5.50. The number of non-ortho nitro benzene ring substituents is 1. The Balaban J connectivity index is 1.95. The summed E-state index contributed by atoms with van der Waals surface area (Å²) in [5.74, 6) is 1.24. The van der Waals surface area contributed by atoms with Gasteiger partial charge < -0.3 is 9.15 Å². The van der Waals surface area contributed by atoms with Gasteiger partial charge in [-0.3, -0.25) is 10.1 Å². The first-order chi connectivity index (χ1) is 8.69. The molecule has 1 aromatic carbocycles. The molecule has 0 radical (unpaired) electrons. The van der Waals surface area contributed by atoms with Crippen molar-refractivity contribution >= 4 is 17.3 Å². The predicted octanol–water partition coefficient (Wildman–Crippen LogP) is 2.30. The number of alkyl halides is 1. The quantitative estimate of drug-likeness (QED) is 0.470. The third-order valence-electron chi connectivity index (χ3n) is 2.03. The zero-order chi connectivity index (χ0) is 13.0. The highest BCUT2D eigenvalue weighted by Gasteiger charge is 2.07. The van der Waals surface area contributed by atoms with E-state index in [1.165, 1.54) is 24.3 Å². The van der Waals surface area contributed by atoms with Crippen molar-refractivity contribution in [2.24, 2.45) is 0 Å². The first-order valence-electron chi connectivity index (χ1n) is 4.93. The van der Waals surface area contributed by atoms with Crippen LogP contribution in [0, 0.1) is 10.1 Å². The number of halogens is 1. The molecule has 0 saturated carbocycles. The normalized spacial score (nSPS) is 10.3. The minimum Gasteiger partial charge on any atom is -0.484 e. The summed E-state index contributed by atoms with van der Waals surface area (Å²) in [6, 6.07) is 5.70. The lowest BCUT2D eigenvalue weighted by atomic mass is 10.3. The molecule has 1 aromatic heterocycles. The lowest BCUT2D eigenvalue weighted by molar-refractivity contribution is -0.384. The van der Waals surface area contributed by atoms with Gasteiger partial charge in [0.15, 0.2) is 6.61 Å². The van der Waals surface area contributed by atoms with Crippen molar-refractivity contribution in [3.63, 3.8) is 0 Å². The van der Waals surface area contributed by atoms with Crippen LogP contribution in [0.15, 0.2) is 28.7 Å². The molecule has 18 heavy (non-hydrogen) atoms. The monoisotopic (exact) mass is 269 g/mol. The van der Waals surface area contributed by atoms with Gasteiger partial charge in [-0.05, 0) is 12.1 Å². The van der Waals surface area contributed by atoms with Gasteiger partial charge in [-0.2, -0.15) is 0 Å². The number of ether oxygens (including phenoxy) is 1. The number of benzene rings is 1. The average Bonchev–Trinajstić information content (AvgIpc) is 2.85. The Kier molecular flexibility index (Phi) is 3.73. The van der Waals surface area contributed by atoms with E-state index in [0.717, 1.165) is 0 Å². The first-order valence-corrected chi connectivity index (χ1v) is 5.47. The minimum absolute atomic E-state index is 0.00423. The topological polar surface area (TPSA) is 91.3 Å². The summed E-state index contributed by atoms with van der Waals surface area (Å²) in [6.07, 6.45) is 0. The summed E-state index contributed by atoms with van der Waals surface area (Å²) in [7, 11) is 0. The maximum Gasteiger partial charge on any atom is 0.269 e. The van der Waals surface area contributed by atoms with E-state index in [0.29, 0.717) is 17.5 Å². The van der Waals surface area contributed by atoms with E-state index < -0.39 is 4.92 Å². The molecule has 7 nitrogen and oxygen atoms in total. The second-order valence-corrected chi connectivity index (χ2v) is 3.53. The van der Waals surface area contributed by atoms with Gasteiger partial charge >= 0.3 is 0 Å². The SMILES string of the molecule is O=[N+]([O-])c1ccc(OCc2nnc(CCl)o2)cc1. The van der Waals surface area contributed by atoms with E-state index in [-0.39, 0.29) is 18.2 Å². The molecule has 0 fully saturated rings. The van der Waals surface area contributed by atoms with Crippen LogP contribution in [0.2, 0.25) is 0 Å². The Morgan fingerprint density at radius 2 is 1.94 bits per heavy atom. The number of hydrogen-bond donors (Lipinski definition) is 0. The third-order valence-corrected chi connectivity index (χ3v) is 2.26. The van der Waals surface area contributed by atoms with Crippen LogP contribution in [0.3, 0.4) is 0 Å². The third kappa shape index (κ3) is 2.95. The standard InChI is InChI=1S/C10H8ClN3O4/c11-5-9-12-13-10(18-9)6-17-8-3-1-7(2-4-8)14(15)16/h1-4H,5-6H2. The van der Waals surface area contributed by atoms with Gasteiger partial charge in [0, 0.05) is 12.1 Å². The second kappa shape index (κ2) is 5.46. The first kappa shape index (κ1) is 12.3. The summed E-state index contributed by atoms with van der Waals surface area (Å²) in [5, 5.41) is 17.8. The molecule has 1 heterocycles. The maximum absolute atomic E-state index is 10.4. The van der Waals surface area contributed by atoms with Crippen molar-refractivity contribution in [3.8, 4) is 5.75 Å². The molecular formula is C10H8ClN3O4. The van der Waals surface area contributed by atoms with Gasteiger partial charge in [-0.1, -0.05) is 0 Å². The molecule has 0 bridgehead atoms. The molecule has 0 saturated heterocycles. The van der Waals surface area contributed by atoms with E-state index in [2.05, 4.69) is 10.2 Å². The number of nitro groups is 1. The molecule has 0 atom stereocenters. The van der Waals surface area contributed by atoms with Crippen molar-refractivity contribution in [1.29, 1.82) is 0 Å².